The Kier molecular flexibility index (Phi) is 1.89. The standard InChI is InChI=1S/C11H10O2/c1-8-7-10(8)11(12)13-9-5-3-2-4-6-9/h2-7,10H,1H3. The molecule has 0 aromatic heterocycles. The van der Waals surface area contributed by atoms with E-state index in [-0.39, 0.29) is 11.9 Å². The van der Waals surface area contributed by atoms with Crippen LogP contribution in [0, 0.1) is 5.92 Å². The number of hydrogen-bond donors (Lipinski definition) is 0. The van der Waals surface area contributed by atoms with Crippen molar-refractivity contribution in [2.45, 2.75) is 6.92 Å². The van der Waals surface area contributed by atoms with Gasteiger partial charge in [-0.3, -0.25) is 4.79 Å². The molecule has 1 aromatic carbocycles. The molecule has 1 aliphatic rings. The van der Waals surface area contributed by atoms with Crippen molar-refractivity contribution in [3.05, 3.63) is 42.0 Å². The van der Waals surface area contributed by atoms with E-state index in [9.17, 15) is 4.79 Å². The second kappa shape index (κ2) is 3.05. The molecule has 2 nitrogen and oxygen atoms in total. The molecule has 0 fully saturated rings. The lowest BCUT2D eigenvalue weighted by Crippen LogP contribution is -2.11. The van der Waals surface area contributed by atoms with Gasteiger partial charge in [0.05, 0.1) is 5.92 Å². The SMILES string of the molecule is CC1=CC1C(=O)Oc1ccccc1. The fraction of sp³-hybridized carbons (Fsp3) is 0.182. The van der Waals surface area contributed by atoms with Crippen molar-refractivity contribution >= 4 is 5.97 Å². The molecule has 0 radical (unpaired) electrons. The fourth-order valence-corrected chi connectivity index (χ4v) is 1.14. The summed E-state index contributed by atoms with van der Waals surface area (Å²) in [5.74, 6) is 0.365. The Balaban J connectivity index is 1.96. The lowest BCUT2D eigenvalue weighted by Gasteiger charge is -2.02. The summed E-state index contributed by atoms with van der Waals surface area (Å²) in [6.07, 6.45) is 1.89. The number of carbonyl (C=O) groups excluding carboxylic acids is 1. The van der Waals surface area contributed by atoms with Crippen molar-refractivity contribution in [1.82, 2.24) is 0 Å². The maximum Gasteiger partial charge on any atom is 0.322 e. The van der Waals surface area contributed by atoms with Crippen LogP contribution in [0.3, 0.4) is 0 Å². The van der Waals surface area contributed by atoms with Crippen LogP contribution in [0.2, 0.25) is 0 Å². The van der Waals surface area contributed by atoms with Gasteiger partial charge >= 0.3 is 5.97 Å². The van der Waals surface area contributed by atoms with Crippen LogP contribution in [0.5, 0.6) is 5.75 Å². The molecule has 0 saturated carbocycles. The number of para-hydroxylation sites is 1. The van der Waals surface area contributed by atoms with Crippen LogP contribution < -0.4 is 4.74 Å². The Morgan fingerprint density at radius 3 is 2.46 bits per heavy atom. The van der Waals surface area contributed by atoms with Crippen molar-refractivity contribution in [2.24, 2.45) is 5.92 Å². The monoisotopic (exact) mass is 174 g/mol. The first-order valence-electron chi connectivity index (χ1n) is 4.22. The summed E-state index contributed by atoms with van der Waals surface area (Å²) < 4.78 is 5.12. The van der Waals surface area contributed by atoms with Crippen LogP contribution in [0.4, 0.5) is 0 Å². The van der Waals surface area contributed by atoms with Crippen molar-refractivity contribution < 1.29 is 9.53 Å². The summed E-state index contributed by atoms with van der Waals surface area (Å²) in [4.78, 5) is 11.3. The quantitative estimate of drug-likeness (QED) is 0.390. The molecular weight excluding hydrogens is 164 g/mol. The van der Waals surface area contributed by atoms with E-state index in [0.29, 0.717) is 5.75 Å². The molecule has 66 valence electrons. The van der Waals surface area contributed by atoms with Gasteiger partial charge in [0.2, 0.25) is 0 Å². The van der Waals surface area contributed by atoms with Crippen LogP contribution >= 0.6 is 0 Å². The third kappa shape index (κ3) is 1.78. The molecule has 1 aromatic rings. The van der Waals surface area contributed by atoms with Crippen LogP contribution in [-0.2, 0) is 4.79 Å². The molecule has 0 N–H and O–H groups in total. The van der Waals surface area contributed by atoms with E-state index in [0.717, 1.165) is 5.57 Å². The zero-order valence-corrected chi connectivity index (χ0v) is 7.36. The highest BCUT2D eigenvalue weighted by Crippen LogP contribution is 2.29. The van der Waals surface area contributed by atoms with E-state index in [4.69, 9.17) is 4.74 Å². The van der Waals surface area contributed by atoms with E-state index in [1.807, 2.05) is 31.2 Å². The molecule has 13 heavy (non-hydrogen) atoms. The van der Waals surface area contributed by atoms with Gasteiger partial charge in [0.1, 0.15) is 5.75 Å². The van der Waals surface area contributed by atoms with Gasteiger partial charge in [-0.15, -0.1) is 0 Å². The van der Waals surface area contributed by atoms with Crippen LogP contribution in [0.1, 0.15) is 6.92 Å². The van der Waals surface area contributed by atoms with Crippen LogP contribution in [-0.4, -0.2) is 5.97 Å². The maximum absolute atomic E-state index is 11.3. The number of hydrogen-bond acceptors (Lipinski definition) is 2. The molecule has 0 saturated heterocycles. The molecule has 0 amide bonds. The molecule has 0 bridgehead atoms. The Labute approximate surface area is 76.8 Å². The number of ether oxygens (including phenoxy) is 1. The van der Waals surface area contributed by atoms with Crippen molar-refractivity contribution in [3.63, 3.8) is 0 Å². The van der Waals surface area contributed by atoms with Crippen LogP contribution in [0.25, 0.3) is 0 Å². The number of benzene rings is 1. The predicted octanol–water partition coefficient (Wildman–Crippen LogP) is 2.17. The summed E-state index contributed by atoms with van der Waals surface area (Å²) in [6.45, 7) is 1.93. The smallest absolute Gasteiger partial charge is 0.322 e. The largest absolute Gasteiger partial charge is 0.426 e. The number of rotatable bonds is 2. The highest BCUT2D eigenvalue weighted by Gasteiger charge is 2.29. The molecular formula is C11H10O2. The summed E-state index contributed by atoms with van der Waals surface area (Å²) in [6, 6.07) is 9.12. The first-order chi connectivity index (χ1) is 6.27. The summed E-state index contributed by atoms with van der Waals surface area (Å²) in [5, 5.41) is 0. The Hall–Kier alpha value is -1.57. The van der Waals surface area contributed by atoms with Gasteiger partial charge in [-0.2, -0.15) is 0 Å². The first-order valence-corrected chi connectivity index (χ1v) is 4.22. The molecule has 1 unspecified atom stereocenters. The van der Waals surface area contributed by atoms with E-state index in [2.05, 4.69) is 0 Å². The first kappa shape index (κ1) is 8.05. The van der Waals surface area contributed by atoms with Crippen molar-refractivity contribution in [3.8, 4) is 5.75 Å². The zero-order chi connectivity index (χ0) is 9.26. The van der Waals surface area contributed by atoms with E-state index >= 15 is 0 Å². The highest BCUT2D eigenvalue weighted by molar-refractivity contribution is 5.84. The Morgan fingerprint density at radius 1 is 1.31 bits per heavy atom. The summed E-state index contributed by atoms with van der Waals surface area (Å²) >= 11 is 0. The second-order valence-electron chi connectivity index (χ2n) is 3.12. The maximum atomic E-state index is 11.3. The Morgan fingerprint density at radius 2 is 1.92 bits per heavy atom. The molecule has 0 aliphatic heterocycles. The molecule has 2 rings (SSSR count). The van der Waals surface area contributed by atoms with Crippen molar-refractivity contribution in [1.29, 1.82) is 0 Å². The average Bonchev–Trinajstić information content (AvgIpc) is 2.84. The fourth-order valence-electron chi connectivity index (χ4n) is 1.14. The Bertz CT molecular complexity index is 352. The highest BCUT2D eigenvalue weighted by atomic mass is 16.5. The van der Waals surface area contributed by atoms with Crippen LogP contribution in [0.15, 0.2) is 42.0 Å². The van der Waals surface area contributed by atoms with Gasteiger partial charge in [-0.1, -0.05) is 29.8 Å². The van der Waals surface area contributed by atoms with Gasteiger partial charge in [0.25, 0.3) is 0 Å². The predicted molar refractivity (Wildman–Crippen MR) is 49.3 cm³/mol. The lowest BCUT2D eigenvalue weighted by atomic mass is 10.3. The molecule has 0 heterocycles. The van der Waals surface area contributed by atoms with Crippen molar-refractivity contribution in [2.75, 3.05) is 0 Å². The summed E-state index contributed by atoms with van der Waals surface area (Å²) in [5.41, 5.74) is 1.10. The van der Waals surface area contributed by atoms with Gasteiger partial charge in [-0.05, 0) is 19.1 Å². The van der Waals surface area contributed by atoms with Gasteiger partial charge in [-0.25, -0.2) is 0 Å². The molecule has 1 atom stereocenters. The normalized spacial score (nSPS) is 19.2. The van der Waals surface area contributed by atoms with E-state index in [1.54, 1.807) is 12.1 Å². The lowest BCUT2D eigenvalue weighted by molar-refractivity contribution is -0.135. The number of esters is 1. The summed E-state index contributed by atoms with van der Waals surface area (Å²) in [7, 11) is 0. The third-order valence-electron chi connectivity index (χ3n) is 2.03. The third-order valence-corrected chi connectivity index (χ3v) is 2.03. The molecule has 2 heteroatoms. The van der Waals surface area contributed by atoms with E-state index < -0.39 is 0 Å². The minimum absolute atomic E-state index is 0.0693. The van der Waals surface area contributed by atoms with Gasteiger partial charge in [0, 0.05) is 0 Å². The average molecular weight is 174 g/mol. The zero-order valence-electron chi connectivity index (χ0n) is 7.36. The van der Waals surface area contributed by atoms with Gasteiger partial charge in [0.15, 0.2) is 0 Å². The minimum Gasteiger partial charge on any atom is -0.426 e. The van der Waals surface area contributed by atoms with E-state index in [1.165, 1.54) is 0 Å². The number of carbonyl (C=O) groups is 1. The second-order valence-corrected chi connectivity index (χ2v) is 3.12. The minimum atomic E-state index is -0.177. The van der Waals surface area contributed by atoms with Gasteiger partial charge < -0.3 is 4.74 Å². The molecule has 0 spiro atoms. The molecule has 1 aliphatic carbocycles. The topological polar surface area (TPSA) is 26.3 Å².